The summed E-state index contributed by atoms with van der Waals surface area (Å²) in [6.45, 7) is 12.2. The van der Waals surface area contributed by atoms with E-state index >= 15 is 8.78 Å². The van der Waals surface area contributed by atoms with E-state index in [1.165, 1.54) is 23.9 Å². The lowest BCUT2D eigenvalue weighted by Crippen LogP contribution is -2.45. The normalized spacial score (nSPS) is 25.1. The number of amides is 1. The highest BCUT2D eigenvalue weighted by Gasteiger charge is 2.71. The zero-order chi connectivity index (χ0) is 28.1. The van der Waals surface area contributed by atoms with Gasteiger partial charge >= 0.3 is 6.09 Å². The van der Waals surface area contributed by atoms with Crippen LogP contribution in [0.2, 0.25) is 45.3 Å². The van der Waals surface area contributed by atoms with Gasteiger partial charge in [-0.25, -0.2) is 23.5 Å². The van der Waals surface area contributed by atoms with Gasteiger partial charge in [0, 0.05) is 36.7 Å². The number of amidine groups is 1. The van der Waals surface area contributed by atoms with Crippen LogP contribution in [0.1, 0.15) is 17.7 Å². The number of thioether (sulfide) groups is 1. The Labute approximate surface area is 236 Å². The van der Waals surface area contributed by atoms with Gasteiger partial charge in [0.25, 0.3) is 0 Å². The van der Waals surface area contributed by atoms with Crippen molar-refractivity contribution >= 4 is 60.5 Å². The number of halogens is 3. The Hall–Kier alpha value is -1.55. The monoisotopic (exact) mass is 645 g/mol. The van der Waals surface area contributed by atoms with Gasteiger partial charge in [-0.3, -0.25) is 0 Å². The first kappa shape index (κ1) is 29.4. The summed E-state index contributed by atoms with van der Waals surface area (Å²) in [5.74, 6) is -1.04. The second kappa shape index (κ2) is 10.5. The molecule has 0 saturated heterocycles. The molecule has 13 heteroatoms. The largest absolute Gasteiger partial charge is 0.465 e. The Bertz CT molecular complexity index is 1250. The lowest BCUT2D eigenvalue weighted by molar-refractivity contribution is 0.0699. The Balaban J connectivity index is 1.79. The summed E-state index contributed by atoms with van der Waals surface area (Å²) in [6.07, 6.45) is -0.828. The summed E-state index contributed by atoms with van der Waals surface area (Å²) in [5, 5.41) is 15.3. The fourth-order valence-corrected chi connectivity index (χ4v) is 8.19. The number of fused-ring (bicyclic) bond motifs is 1. The Morgan fingerprint density at radius 2 is 2.00 bits per heavy atom. The summed E-state index contributed by atoms with van der Waals surface area (Å²) in [4.78, 5) is 18.1. The molecule has 1 aromatic heterocycles. The molecule has 1 aromatic carbocycles. The minimum absolute atomic E-state index is 0.0637. The molecule has 0 unspecified atom stereocenters. The van der Waals surface area contributed by atoms with Crippen LogP contribution in [0.4, 0.5) is 13.6 Å². The van der Waals surface area contributed by atoms with Crippen LogP contribution in [-0.2, 0) is 15.0 Å². The molecule has 2 aromatic rings. The highest BCUT2D eigenvalue weighted by Crippen LogP contribution is 2.71. The molecular weight excluding hydrogens is 612 g/mol. The molecule has 2 heterocycles. The van der Waals surface area contributed by atoms with Crippen LogP contribution >= 0.6 is 27.7 Å². The number of aliphatic imine (C=N–C) groups is 1. The van der Waals surface area contributed by atoms with E-state index in [1.54, 1.807) is 6.07 Å². The van der Waals surface area contributed by atoms with Gasteiger partial charge in [-0.05, 0) is 30.7 Å². The fourth-order valence-electron chi connectivity index (χ4n) is 4.62. The van der Waals surface area contributed by atoms with E-state index in [1.807, 2.05) is 6.07 Å². The molecule has 0 radical (unpaired) electrons. The lowest BCUT2D eigenvalue weighted by Gasteiger charge is -2.37. The number of carbonyl (C=O) groups is 1. The average molecular weight is 647 g/mol. The quantitative estimate of drug-likeness (QED) is 0.188. The van der Waals surface area contributed by atoms with E-state index in [0.29, 0.717) is 23.2 Å². The van der Waals surface area contributed by atoms with Crippen LogP contribution in [0.15, 0.2) is 38.3 Å². The maximum Gasteiger partial charge on any atom is 0.415 e. The van der Waals surface area contributed by atoms with Gasteiger partial charge in [0.15, 0.2) is 5.17 Å². The second-order valence-electron chi connectivity index (χ2n) is 12.2. The van der Waals surface area contributed by atoms with Crippen molar-refractivity contribution in [1.29, 1.82) is 0 Å². The number of carboxylic acid groups (broad SMARTS) is 1. The number of hydrogen-bond donors (Lipinski definition) is 1. The number of rotatable bonds is 9. The van der Waals surface area contributed by atoms with E-state index in [-0.39, 0.29) is 17.5 Å². The lowest BCUT2D eigenvalue weighted by atomic mass is 9.84. The predicted octanol–water partition coefficient (Wildman–Crippen LogP) is 6.60. The topological polar surface area (TPSA) is 88.2 Å². The molecule has 4 rings (SSSR count). The van der Waals surface area contributed by atoms with Crippen molar-refractivity contribution in [3.63, 3.8) is 0 Å². The maximum absolute atomic E-state index is 15.3. The Morgan fingerprint density at radius 3 is 2.58 bits per heavy atom. The first-order valence-corrected chi connectivity index (χ1v) is 21.3. The first-order valence-electron chi connectivity index (χ1n) is 12.5. The third kappa shape index (κ3) is 5.67. The zero-order valence-corrected chi connectivity index (χ0v) is 26.9. The fraction of sp³-hybridized carbons (Fsp3) is 0.560. The third-order valence-corrected chi connectivity index (χ3v) is 12.4. The molecule has 0 bridgehead atoms. The molecule has 2 aliphatic rings. The highest BCUT2D eigenvalue weighted by atomic mass is 79.9. The third-order valence-electron chi connectivity index (χ3n) is 7.02. The van der Waals surface area contributed by atoms with Crippen LogP contribution in [0.5, 0.6) is 0 Å². The summed E-state index contributed by atoms with van der Waals surface area (Å²) in [6, 6.07) is 7.10. The standard InChI is InChI=1S/C25H34BrF2N3O4SSi2/c1-37(2,3)10-9-34-15-31(23(32)33)22-29-24(14-27,17-11-16(26)7-8-18(17)28)19-13-25(19,36-22)20-12-21(35-30-20)38(4,5)6/h7-8,11-12,19H,9-10,13-15H2,1-6H3,(H,32,33)/t19-,24+,25-/m0/s1. The summed E-state index contributed by atoms with van der Waals surface area (Å²) in [5.41, 5.74) is -0.938. The van der Waals surface area contributed by atoms with E-state index < -0.39 is 50.9 Å². The Morgan fingerprint density at radius 1 is 1.29 bits per heavy atom. The van der Waals surface area contributed by atoms with Crippen LogP contribution < -0.4 is 5.38 Å². The molecule has 1 aliphatic heterocycles. The Kier molecular flexibility index (Phi) is 8.10. The molecule has 1 amide bonds. The van der Waals surface area contributed by atoms with Gasteiger partial charge in [0.1, 0.15) is 43.9 Å². The van der Waals surface area contributed by atoms with Gasteiger partial charge in [0.05, 0.1) is 4.75 Å². The summed E-state index contributed by atoms with van der Waals surface area (Å²) < 4.78 is 41.8. The summed E-state index contributed by atoms with van der Waals surface area (Å²) in [7, 11) is -3.23. The van der Waals surface area contributed by atoms with Crippen molar-refractivity contribution in [3.05, 3.63) is 45.8 Å². The molecule has 3 atom stereocenters. The molecule has 1 N–H and O–H groups in total. The minimum atomic E-state index is -1.84. The van der Waals surface area contributed by atoms with E-state index in [0.717, 1.165) is 16.3 Å². The molecule has 7 nitrogen and oxygen atoms in total. The van der Waals surface area contributed by atoms with Gasteiger partial charge in [-0.2, -0.15) is 0 Å². The predicted molar refractivity (Wildman–Crippen MR) is 155 cm³/mol. The van der Waals surface area contributed by atoms with E-state index in [2.05, 4.69) is 65.4 Å². The van der Waals surface area contributed by atoms with Gasteiger partial charge in [-0.1, -0.05) is 72.1 Å². The zero-order valence-electron chi connectivity index (χ0n) is 22.5. The molecule has 0 spiro atoms. The number of aromatic nitrogens is 1. The van der Waals surface area contributed by atoms with Crippen molar-refractivity contribution < 1.29 is 27.9 Å². The van der Waals surface area contributed by atoms with Gasteiger partial charge in [0.2, 0.25) is 0 Å². The van der Waals surface area contributed by atoms with Gasteiger partial charge in [-0.15, -0.1) is 0 Å². The number of nitrogens with zero attached hydrogens (tertiary/aromatic N) is 3. The van der Waals surface area contributed by atoms with Crippen LogP contribution in [0.3, 0.4) is 0 Å². The molecule has 1 fully saturated rings. The van der Waals surface area contributed by atoms with Crippen molar-refractivity contribution in [2.45, 2.75) is 62.0 Å². The minimum Gasteiger partial charge on any atom is -0.465 e. The molecule has 208 valence electrons. The molecule has 38 heavy (non-hydrogen) atoms. The highest BCUT2D eigenvalue weighted by molar-refractivity contribution is 9.10. The van der Waals surface area contributed by atoms with Crippen molar-refractivity contribution in [2.24, 2.45) is 10.9 Å². The number of ether oxygens (including phenoxy) is 1. The first-order chi connectivity index (χ1) is 17.6. The van der Waals surface area contributed by atoms with Crippen LogP contribution in [0.25, 0.3) is 0 Å². The molecule has 1 aliphatic carbocycles. The molecular formula is C25H34BrF2N3O4SSi2. The smallest absolute Gasteiger partial charge is 0.415 e. The maximum atomic E-state index is 15.3. The van der Waals surface area contributed by atoms with E-state index in [9.17, 15) is 9.90 Å². The number of benzene rings is 1. The summed E-state index contributed by atoms with van der Waals surface area (Å²) >= 11 is 4.60. The van der Waals surface area contributed by atoms with Crippen LogP contribution in [-0.4, -0.2) is 62.6 Å². The number of alkyl halides is 1. The van der Waals surface area contributed by atoms with Crippen molar-refractivity contribution in [3.8, 4) is 0 Å². The second-order valence-corrected chi connectivity index (χ2v) is 25.0. The van der Waals surface area contributed by atoms with Crippen molar-refractivity contribution in [1.82, 2.24) is 10.1 Å². The van der Waals surface area contributed by atoms with E-state index in [4.69, 9.17) is 9.26 Å². The van der Waals surface area contributed by atoms with Crippen molar-refractivity contribution in [2.75, 3.05) is 20.0 Å². The molecule has 1 saturated carbocycles. The average Bonchev–Trinajstić information content (AvgIpc) is 3.33. The van der Waals surface area contributed by atoms with Gasteiger partial charge < -0.3 is 14.4 Å². The number of hydrogen-bond acceptors (Lipinski definition) is 6. The SMILES string of the molecule is C[Si](C)(C)CCOCN(C(=O)O)C1=N[C@](CF)(c2cc(Br)ccc2F)[C@@H]2C[C@]2(c2cc([Si](C)(C)C)on2)S1. The van der Waals surface area contributed by atoms with Crippen LogP contribution in [0, 0.1) is 11.7 Å².